The SMILES string of the molecule is CC(CNC(=O)C(N)c1ccccc1)Cc1cccs1.Cl. The highest BCUT2D eigenvalue weighted by Crippen LogP contribution is 2.14. The summed E-state index contributed by atoms with van der Waals surface area (Å²) in [5.41, 5.74) is 6.79. The van der Waals surface area contributed by atoms with Gasteiger partial charge < -0.3 is 11.1 Å². The van der Waals surface area contributed by atoms with Gasteiger partial charge in [-0.15, -0.1) is 23.7 Å². The molecule has 1 aromatic carbocycles. The lowest BCUT2D eigenvalue weighted by Gasteiger charge is -2.15. The van der Waals surface area contributed by atoms with Crippen molar-refractivity contribution in [3.05, 3.63) is 58.3 Å². The largest absolute Gasteiger partial charge is 0.354 e. The van der Waals surface area contributed by atoms with Crippen molar-refractivity contribution in [1.29, 1.82) is 0 Å². The normalized spacial score (nSPS) is 13.0. The van der Waals surface area contributed by atoms with Crippen LogP contribution in [-0.4, -0.2) is 12.5 Å². The van der Waals surface area contributed by atoms with E-state index in [-0.39, 0.29) is 18.3 Å². The van der Waals surface area contributed by atoms with Crippen LogP contribution in [0.25, 0.3) is 0 Å². The number of halogens is 1. The van der Waals surface area contributed by atoms with Gasteiger partial charge in [-0.2, -0.15) is 0 Å². The summed E-state index contributed by atoms with van der Waals surface area (Å²) in [5.74, 6) is 0.287. The molecule has 1 aromatic heterocycles. The Bertz CT molecular complexity index is 530. The highest BCUT2D eigenvalue weighted by Gasteiger charge is 2.16. The van der Waals surface area contributed by atoms with Crippen LogP contribution in [0.3, 0.4) is 0 Å². The van der Waals surface area contributed by atoms with Crippen LogP contribution in [0.2, 0.25) is 0 Å². The van der Waals surface area contributed by atoms with E-state index in [1.165, 1.54) is 4.88 Å². The number of rotatable bonds is 6. The quantitative estimate of drug-likeness (QED) is 0.857. The third-order valence-electron chi connectivity index (χ3n) is 3.20. The van der Waals surface area contributed by atoms with Gasteiger partial charge in [0.25, 0.3) is 0 Å². The Morgan fingerprint density at radius 1 is 1.24 bits per heavy atom. The van der Waals surface area contributed by atoms with Crippen LogP contribution >= 0.6 is 23.7 Å². The zero-order chi connectivity index (χ0) is 14.4. The second-order valence-electron chi connectivity index (χ2n) is 5.02. The molecular weight excluding hydrogens is 304 g/mol. The lowest BCUT2D eigenvalue weighted by atomic mass is 10.1. The summed E-state index contributed by atoms with van der Waals surface area (Å²) >= 11 is 1.75. The van der Waals surface area contributed by atoms with Crippen LogP contribution in [0.5, 0.6) is 0 Å². The van der Waals surface area contributed by atoms with Crippen molar-refractivity contribution in [3.8, 4) is 0 Å². The van der Waals surface area contributed by atoms with Gasteiger partial charge in [-0.3, -0.25) is 4.79 Å². The van der Waals surface area contributed by atoms with Gasteiger partial charge in [-0.25, -0.2) is 0 Å². The summed E-state index contributed by atoms with van der Waals surface area (Å²) < 4.78 is 0. The van der Waals surface area contributed by atoms with Crippen molar-refractivity contribution in [3.63, 3.8) is 0 Å². The lowest BCUT2D eigenvalue weighted by Crippen LogP contribution is -2.36. The molecule has 0 bridgehead atoms. The van der Waals surface area contributed by atoms with Crippen LogP contribution in [0, 0.1) is 5.92 Å². The van der Waals surface area contributed by atoms with Gasteiger partial charge in [0.15, 0.2) is 0 Å². The molecule has 0 radical (unpaired) electrons. The Labute approximate surface area is 136 Å². The van der Waals surface area contributed by atoms with E-state index in [1.807, 2.05) is 30.3 Å². The van der Waals surface area contributed by atoms with Crippen LogP contribution in [0.1, 0.15) is 23.4 Å². The smallest absolute Gasteiger partial charge is 0.241 e. The Morgan fingerprint density at radius 3 is 2.57 bits per heavy atom. The van der Waals surface area contributed by atoms with E-state index < -0.39 is 6.04 Å². The minimum Gasteiger partial charge on any atom is -0.354 e. The molecule has 2 unspecified atom stereocenters. The zero-order valence-corrected chi connectivity index (χ0v) is 13.6. The van der Waals surface area contributed by atoms with Crippen molar-refractivity contribution in [2.45, 2.75) is 19.4 Å². The average molecular weight is 325 g/mol. The van der Waals surface area contributed by atoms with E-state index in [0.29, 0.717) is 12.5 Å². The predicted molar refractivity (Wildman–Crippen MR) is 90.8 cm³/mol. The molecule has 1 amide bonds. The molecule has 3 nitrogen and oxygen atoms in total. The Morgan fingerprint density at radius 2 is 1.95 bits per heavy atom. The lowest BCUT2D eigenvalue weighted by molar-refractivity contribution is -0.122. The number of hydrogen-bond donors (Lipinski definition) is 2. The van der Waals surface area contributed by atoms with Crippen LogP contribution < -0.4 is 11.1 Å². The van der Waals surface area contributed by atoms with Gasteiger partial charge in [-0.05, 0) is 29.3 Å². The number of nitrogens with two attached hydrogens (primary N) is 1. The summed E-state index contributed by atoms with van der Waals surface area (Å²) in [6.07, 6.45) is 0.985. The molecule has 0 aliphatic carbocycles. The number of carbonyl (C=O) groups excluding carboxylic acids is 1. The minimum absolute atomic E-state index is 0. The maximum Gasteiger partial charge on any atom is 0.241 e. The van der Waals surface area contributed by atoms with E-state index in [2.05, 4.69) is 29.8 Å². The number of thiophene rings is 1. The Kier molecular flexibility index (Phi) is 7.43. The Hall–Kier alpha value is -1.36. The van der Waals surface area contributed by atoms with Crippen molar-refractivity contribution < 1.29 is 4.79 Å². The Balaban J connectivity index is 0.00000220. The van der Waals surface area contributed by atoms with Gasteiger partial charge in [0.2, 0.25) is 5.91 Å². The standard InChI is InChI=1S/C16H20N2OS.ClH/c1-12(10-14-8-5-9-20-14)11-18-16(19)15(17)13-6-3-2-4-7-13;/h2-9,12,15H,10-11,17H2,1H3,(H,18,19);1H. The van der Waals surface area contributed by atoms with Gasteiger partial charge in [0.1, 0.15) is 6.04 Å². The molecular formula is C16H21ClN2OS. The maximum absolute atomic E-state index is 12.0. The van der Waals surface area contributed by atoms with E-state index in [1.54, 1.807) is 11.3 Å². The minimum atomic E-state index is -0.592. The van der Waals surface area contributed by atoms with Gasteiger partial charge in [0, 0.05) is 11.4 Å². The topological polar surface area (TPSA) is 55.1 Å². The molecule has 1 heterocycles. The first-order valence-electron chi connectivity index (χ1n) is 6.77. The second-order valence-corrected chi connectivity index (χ2v) is 6.05. The van der Waals surface area contributed by atoms with Crippen molar-refractivity contribution in [2.75, 3.05) is 6.54 Å². The fourth-order valence-corrected chi connectivity index (χ4v) is 2.91. The van der Waals surface area contributed by atoms with Crippen LogP contribution in [-0.2, 0) is 11.2 Å². The fourth-order valence-electron chi connectivity index (χ4n) is 2.04. The first-order chi connectivity index (χ1) is 9.66. The summed E-state index contributed by atoms with van der Waals surface area (Å²) in [4.78, 5) is 13.4. The highest BCUT2D eigenvalue weighted by molar-refractivity contribution is 7.09. The first kappa shape index (κ1) is 17.7. The monoisotopic (exact) mass is 324 g/mol. The number of nitrogens with one attached hydrogen (secondary N) is 1. The summed E-state index contributed by atoms with van der Waals surface area (Å²) in [6, 6.07) is 13.0. The predicted octanol–water partition coefficient (Wildman–Crippen LogP) is 3.16. The van der Waals surface area contributed by atoms with E-state index >= 15 is 0 Å². The summed E-state index contributed by atoms with van der Waals surface area (Å²) in [5, 5.41) is 5.01. The molecule has 114 valence electrons. The first-order valence-corrected chi connectivity index (χ1v) is 7.65. The molecule has 2 atom stereocenters. The molecule has 0 saturated carbocycles. The summed E-state index contributed by atoms with van der Waals surface area (Å²) in [7, 11) is 0. The highest BCUT2D eigenvalue weighted by atomic mass is 35.5. The fraction of sp³-hybridized carbons (Fsp3) is 0.312. The van der Waals surface area contributed by atoms with E-state index in [9.17, 15) is 4.79 Å². The van der Waals surface area contributed by atoms with Gasteiger partial charge in [0.05, 0.1) is 0 Å². The van der Waals surface area contributed by atoms with Gasteiger partial charge in [-0.1, -0.05) is 43.3 Å². The molecule has 3 N–H and O–H groups in total. The molecule has 0 aliphatic rings. The average Bonchev–Trinajstić information content (AvgIpc) is 2.97. The molecule has 0 spiro atoms. The zero-order valence-electron chi connectivity index (χ0n) is 12.0. The number of benzene rings is 1. The molecule has 0 aliphatic heterocycles. The molecule has 2 aromatic rings. The third kappa shape index (κ3) is 5.50. The van der Waals surface area contributed by atoms with E-state index in [4.69, 9.17) is 5.73 Å². The van der Waals surface area contributed by atoms with Crippen LogP contribution in [0.4, 0.5) is 0 Å². The molecule has 5 heteroatoms. The number of carbonyl (C=O) groups is 1. The maximum atomic E-state index is 12.0. The second kappa shape index (κ2) is 8.82. The number of hydrogen-bond acceptors (Lipinski definition) is 3. The molecule has 0 fully saturated rings. The van der Waals surface area contributed by atoms with Gasteiger partial charge >= 0.3 is 0 Å². The summed E-state index contributed by atoms with van der Waals surface area (Å²) in [6.45, 7) is 2.78. The molecule has 21 heavy (non-hydrogen) atoms. The van der Waals surface area contributed by atoms with Crippen LogP contribution in [0.15, 0.2) is 47.8 Å². The van der Waals surface area contributed by atoms with Crippen molar-refractivity contribution in [2.24, 2.45) is 11.7 Å². The number of amides is 1. The van der Waals surface area contributed by atoms with Crippen molar-refractivity contribution in [1.82, 2.24) is 5.32 Å². The molecule has 0 saturated heterocycles. The third-order valence-corrected chi connectivity index (χ3v) is 4.09. The van der Waals surface area contributed by atoms with Crippen molar-refractivity contribution >= 4 is 29.7 Å². The molecule has 2 rings (SSSR count). The van der Waals surface area contributed by atoms with E-state index in [0.717, 1.165) is 12.0 Å².